The zero-order valence-corrected chi connectivity index (χ0v) is 12.7. The molecule has 24 heavy (non-hydrogen) atoms. The Morgan fingerprint density at radius 2 is 2.12 bits per heavy atom. The Labute approximate surface area is 136 Å². The lowest BCUT2D eigenvalue weighted by molar-refractivity contribution is 0.106. The monoisotopic (exact) mass is 334 g/mol. The maximum atomic E-state index is 13.0. The number of nitrogens with zero attached hydrogens (tertiary/aromatic N) is 3. The molecular weight excluding hydrogens is 318 g/mol. The zero-order valence-electron chi connectivity index (χ0n) is 12.7. The molecule has 2 aromatic heterocycles. The van der Waals surface area contributed by atoms with Gasteiger partial charge in [0.25, 0.3) is 0 Å². The highest BCUT2D eigenvalue weighted by molar-refractivity contribution is 5.30. The molecule has 0 saturated carbocycles. The van der Waals surface area contributed by atoms with Crippen LogP contribution in [0.1, 0.15) is 5.69 Å². The van der Waals surface area contributed by atoms with Crippen molar-refractivity contribution < 1.29 is 18.6 Å². The van der Waals surface area contributed by atoms with Crippen molar-refractivity contribution in [2.75, 3.05) is 13.2 Å². The quantitative estimate of drug-likeness (QED) is 0.686. The van der Waals surface area contributed by atoms with Gasteiger partial charge in [0.15, 0.2) is 11.6 Å². The maximum absolute atomic E-state index is 13.0. The smallest absolute Gasteiger partial charge is 0.233 e. The van der Waals surface area contributed by atoms with Crippen molar-refractivity contribution in [1.82, 2.24) is 19.7 Å². The van der Waals surface area contributed by atoms with Gasteiger partial charge >= 0.3 is 0 Å². The minimum atomic E-state index is -0.985. The van der Waals surface area contributed by atoms with Crippen LogP contribution in [0.25, 0.3) is 5.78 Å². The van der Waals surface area contributed by atoms with Crippen molar-refractivity contribution in [1.29, 1.82) is 0 Å². The van der Waals surface area contributed by atoms with Gasteiger partial charge in [0.2, 0.25) is 5.78 Å². The molecule has 126 valence electrons. The topological polar surface area (TPSA) is 71.7 Å². The summed E-state index contributed by atoms with van der Waals surface area (Å²) in [5, 5.41) is 13.0. The van der Waals surface area contributed by atoms with Crippen molar-refractivity contribution in [3.8, 4) is 5.75 Å². The van der Waals surface area contributed by atoms with E-state index in [0.717, 1.165) is 17.8 Å². The van der Waals surface area contributed by atoms with Crippen LogP contribution in [0, 0.1) is 11.6 Å². The molecule has 6 nitrogen and oxygen atoms in total. The second-order valence-corrected chi connectivity index (χ2v) is 5.21. The summed E-state index contributed by atoms with van der Waals surface area (Å²) in [4.78, 5) is 8.28. The molecular formula is C16H16F2N4O2. The van der Waals surface area contributed by atoms with E-state index in [1.54, 1.807) is 12.4 Å². The number of rotatable bonds is 7. The largest absolute Gasteiger partial charge is 0.491 e. The number of aliphatic hydroxyl groups is 1. The van der Waals surface area contributed by atoms with E-state index in [1.807, 2.05) is 16.7 Å². The number of hydrogen-bond donors (Lipinski definition) is 2. The van der Waals surface area contributed by atoms with Crippen LogP contribution in [0.2, 0.25) is 0 Å². The van der Waals surface area contributed by atoms with Gasteiger partial charge in [0.1, 0.15) is 18.5 Å². The fourth-order valence-corrected chi connectivity index (χ4v) is 2.19. The first kappa shape index (κ1) is 16.3. The molecule has 2 heterocycles. The molecule has 0 fully saturated rings. The van der Waals surface area contributed by atoms with Gasteiger partial charge in [-0.1, -0.05) is 0 Å². The molecule has 0 aliphatic rings. The molecule has 1 aromatic carbocycles. The Kier molecular flexibility index (Phi) is 4.97. The van der Waals surface area contributed by atoms with E-state index < -0.39 is 17.7 Å². The van der Waals surface area contributed by atoms with E-state index in [1.165, 1.54) is 6.07 Å². The van der Waals surface area contributed by atoms with Crippen LogP contribution in [-0.2, 0) is 6.54 Å². The van der Waals surface area contributed by atoms with Crippen LogP contribution >= 0.6 is 0 Å². The molecule has 0 saturated heterocycles. The Morgan fingerprint density at radius 1 is 1.25 bits per heavy atom. The standard InChI is InChI=1S/C16H16F2N4O2/c17-14-3-2-13(6-15(14)18)24-10-12(23)9-19-7-11-8-21-16-20-4-1-5-22(11)16/h1-6,8,12,19,23H,7,9-10H2. The number of hydrogen-bond acceptors (Lipinski definition) is 5. The first-order valence-electron chi connectivity index (χ1n) is 7.37. The molecule has 8 heteroatoms. The van der Waals surface area contributed by atoms with Gasteiger partial charge in [-0.15, -0.1) is 0 Å². The van der Waals surface area contributed by atoms with Gasteiger partial charge in [0, 0.05) is 31.5 Å². The minimum Gasteiger partial charge on any atom is -0.491 e. The molecule has 0 radical (unpaired) electrons. The second-order valence-electron chi connectivity index (χ2n) is 5.21. The highest BCUT2D eigenvalue weighted by Crippen LogP contribution is 2.15. The van der Waals surface area contributed by atoms with Gasteiger partial charge < -0.3 is 15.2 Å². The molecule has 0 bridgehead atoms. The highest BCUT2D eigenvalue weighted by atomic mass is 19.2. The number of imidazole rings is 1. The number of nitrogens with one attached hydrogen (secondary N) is 1. The van der Waals surface area contributed by atoms with E-state index in [9.17, 15) is 13.9 Å². The number of fused-ring (bicyclic) bond motifs is 1. The summed E-state index contributed by atoms with van der Waals surface area (Å²) in [5.74, 6) is -1.15. The van der Waals surface area contributed by atoms with Crippen molar-refractivity contribution in [2.45, 2.75) is 12.6 Å². The van der Waals surface area contributed by atoms with Crippen LogP contribution in [0.15, 0.2) is 42.9 Å². The normalized spacial score (nSPS) is 12.5. The summed E-state index contributed by atoms with van der Waals surface area (Å²) in [6.45, 7) is 0.735. The summed E-state index contributed by atoms with van der Waals surface area (Å²) in [6.07, 6.45) is 4.43. The van der Waals surface area contributed by atoms with E-state index >= 15 is 0 Å². The van der Waals surface area contributed by atoms with Crippen LogP contribution in [0.4, 0.5) is 8.78 Å². The fourth-order valence-electron chi connectivity index (χ4n) is 2.19. The first-order chi connectivity index (χ1) is 11.6. The summed E-state index contributed by atoms with van der Waals surface area (Å²) in [5.41, 5.74) is 0.909. The van der Waals surface area contributed by atoms with Crippen molar-refractivity contribution in [3.05, 3.63) is 60.2 Å². The molecule has 3 aromatic rings. The average molecular weight is 334 g/mol. The Morgan fingerprint density at radius 3 is 2.96 bits per heavy atom. The van der Waals surface area contributed by atoms with Gasteiger partial charge in [-0.25, -0.2) is 18.7 Å². The second kappa shape index (κ2) is 7.33. The molecule has 0 aliphatic carbocycles. The lowest BCUT2D eigenvalue weighted by Crippen LogP contribution is -2.31. The van der Waals surface area contributed by atoms with Crippen molar-refractivity contribution in [2.24, 2.45) is 0 Å². The summed E-state index contributed by atoms with van der Waals surface area (Å²) < 4.78 is 32.9. The number of aromatic nitrogens is 3. The lowest BCUT2D eigenvalue weighted by atomic mass is 10.3. The van der Waals surface area contributed by atoms with Gasteiger partial charge in [0.05, 0.1) is 11.9 Å². The van der Waals surface area contributed by atoms with E-state index in [2.05, 4.69) is 15.3 Å². The van der Waals surface area contributed by atoms with Crippen LogP contribution in [-0.4, -0.2) is 38.7 Å². The predicted octanol–water partition coefficient (Wildman–Crippen LogP) is 1.54. The fraction of sp³-hybridized carbons (Fsp3) is 0.250. The maximum Gasteiger partial charge on any atom is 0.233 e. The van der Waals surface area contributed by atoms with Crippen LogP contribution in [0.5, 0.6) is 5.75 Å². The average Bonchev–Trinajstić information content (AvgIpc) is 2.99. The zero-order chi connectivity index (χ0) is 16.9. The number of halogens is 2. The number of aliphatic hydroxyl groups excluding tert-OH is 1. The van der Waals surface area contributed by atoms with E-state index in [4.69, 9.17) is 4.74 Å². The Hall–Kier alpha value is -2.58. The third kappa shape index (κ3) is 3.84. The summed E-state index contributed by atoms with van der Waals surface area (Å²) in [7, 11) is 0. The molecule has 0 aliphatic heterocycles. The molecule has 1 atom stereocenters. The molecule has 2 N–H and O–H groups in total. The number of benzene rings is 1. The van der Waals surface area contributed by atoms with Gasteiger partial charge in [-0.2, -0.15) is 0 Å². The predicted molar refractivity (Wildman–Crippen MR) is 82.6 cm³/mol. The van der Waals surface area contributed by atoms with E-state index in [-0.39, 0.29) is 18.9 Å². The highest BCUT2D eigenvalue weighted by Gasteiger charge is 2.09. The van der Waals surface area contributed by atoms with E-state index in [0.29, 0.717) is 12.3 Å². The SMILES string of the molecule is OC(CNCc1cnc2ncccn12)COc1ccc(F)c(F)c1. The van der Waals surface area contributed by atoms with Crippen molar-refractivity contribution in [3.63, 3.8) is 0 Å². The molecule has 0 amide bonds. The third-order valence-corrected chi connectivity index (χ3v) is 3.38. The molecule has 1 unspecified atom stereocenters. The lowest BCUT2D eigenvalue weighted by Gasteiger charge is -2.13. The molecule has 0 spiro atoms. The minimum absolute atomic E-state index is 0.0349. The number of ether oxygens (including phenoxy) is 1. The van der Waals surface area contributed by atoms with Crippen LogP contribution in [0.3, 0.4) is 0 Å². The van der Waals surface area contributed by atoms with Crippen molar-refractivity contribution >= 4 is 5.78 Å². The third-order valence-electron chi connectivity index (χ3n) is 3.38. The van der Waals surface area contributed by atoms with Gasteiger partial charge in [-0.05, 0) is 18.2 Å². The Bertz CT molecular complexity index is 825. The van der Waals surface area contributed by atoms with Crippen LogP contribution < -0.4 is 10.1 Å². The Balaban J connectivity index is 1.45. The first-order valence-corrected chi connectivity index (χ1v) is 7.37. The van der Waals surface area contributed by atoms with Gasteiger partial charge in [-0.3, -0.25) is 4.40 Å². The molecule has 3 rings (SSSR count). The summed E-state index contributed by atoms with van der Waals surface area (Å²) in [6, 6.07) is 5.04. The summed E-state index contributed by atoms with van der Waals surface area (Å²) >= 11 is 0.